The van der Waals surface area contributed by atoms with Crippen molar-refractivity contribution in [3.63, 3.8) is 0 Å². The molecule has 4 radical (unpaired) electrons. The van der Waals surface area contributed by atoms with Crippen molar-refractivity contribution in [3.05, 3.63) is 94.2 Å². The minimum absolute atomic E-state index is 0. The Morgan fingerprint density at radius 2 is 0.881 bits per heavy atom. The second-order valence-electron chi connectivity index (χ2n) is 10.8. The fourth-order valence-corrected chi connectivity index (χ4v) is 7.33. The summed E-state index contributed by atoms with van der Waals surface area (Å²) >= 11 is 0. The summed E-state index contributed by atoms with van der Waals surface area (Å²) in [7, 11) is 1.85. The van der Waals surface area contributed by atoms with E-state index < -0.39 is 0 Å². The van der Waals surface area contributed by atoms with E-state index in [1.54, 1.807) is 24.2 Å². The number of hydrogen-bond acceptors (Lipinski definition) is 0. The number of hydrogen-bond donors (Lipinski definition) is 0. The van der Waals surface area contributed by atoms with Crippen LogP contribution in [0.3, 0.4) is 0 Å². The van der Waals surface area contributed by atoms with Gasteiger partial charge in [0, 0.05) is 19.0 Å². The van der Waals surface area contributed by atoms with Crippen LogP contribution in [0.5, 0.6) is 0 Å². The predicted molar refractivity (Wildman–Crippen MR) is 175 cm³/mol. The Morgan fingerprint density at radius 1 is 0.571 bits per heavy atom. The molecule has 0 aromatic carbocycles. The molecule has 2 atom stereocenters. The molecule has 0 nitrogen and oxygen atoms in total. The molecule has 0 aromatic rings. The number of halogens is 2. The molecular weight excluding hydrogens is 742 g/mol. The van der Waals surface area contributed by atoms with Crippen LogP contribution in [0, 0.1) is 36.1 Å². The molecule has 0 N–H and O–H groups in total. The second kappa shape index (κ2) is 31.7. The van der Waals surface area contributed by atoms with E-state index in [0.717, 1.165) is 31.9 Å². The zero-order valence-corrected chi connectivity index (χ0v) is 36.3. The Bertz CT molecular complexity index is 821. The molecule has 2 heterocycles. The number of allylic oxidation sites excluding steroid dienone is 16. The van der Waals surface area contributed by atoms with Gasteiger partial charge in [-0.3, -0.25) is 24.3 Å². The van der Waals surface area contributed by atoms with Gasteiger partial charge in [-0.05, 0) is 0 Å². The van der Waals surface area contributed by atoms with Crippen molar-refractivity contribution in [3.8, 4) is 0 Å². The molecule has 4 aliphatic carbocycles. The normalized spacial score (nSPS) is 21.5. The molecule has 2 saturated heterocycles. The Kier molecular flexibility index (Phi) is 37.4. The molecule has 0 aromatic heterocycles. The average molecular weight is 796 g/mol. The van der Waals surface area contributed by atoms with Gasteiger partial charge in [0.05, 0.1) is 0 Å². The van der Waals surface area contributed by atoms with E-state index in [2.05, 4.69) is 91.8 Å². The van der Waals surface area contributed by atoms with Gasteiger partial charge in [-0.15, -0.1) is 26.7 Å². The average Bonchev–Trinajstić information content (AvgIpc) is 3.76. The van der Waals surface area contributed by atoms with Gasteiger partial charge >= 0.3 is 52.4 Å². The minimum Gasteiger partial charge on any atom is -1.00 e. The van der Waals surface area contributed by atoms with E-state index in [1.807, 2.05) is 24.3 Å². The Hall–Kier alpha value is 0.700. The third-order valence-corrected chi connectivity index (χ3v) is 11.0. The molecule has 42 heavy (non-hydrogen) atoms. The van der Waals surface area contributed by atoms with Crippen molar-refractivity contribution in [2.24, 2.45) is 11.8 Å². The smallest absolute Gasteiger partial charge is 1.00 e. The molecule has 228 valence electrons. The molecule has 0 amide bonds. The van der Waals surface area contributed by atoms with Crippen molar-refractivity contribution in [1.82, 2.24) is 0 Å². The third-order valence-electron chi connectivity index (χ3n) is 7.78. The van der Waals surface area contributed by atoms with Crippen molar-refractivity contribution in [2.45, 2.75) is 118 Å². The fourth-order valence-electron chi connectivity index (χ4n) is 4.45. The van der Waals surface area contributed by atoms with Crippen molar-refractivity contribution >= 4 is 19.0 Å². The first-order valence-corrected chi connectivity index (χ1v) is 18.1. The Morgan fingerprint density at radius 3 is 0.952 bits per heavy atom. The first-order valence-electron chi connectivity index (χ1n) is 14.9. The zero-order valence-electron chi connectivity index (χ0n) is 27.6. The maximum absolute atomic E-state index is 3.36. The zero-order chi connectivity index (χ0) is 28.2. The van der Waals surface area contributed by atoms with Crippen LogP contribution in [0.2, 0.25) is 24.2 Å². The van der Waals surface area contributed by atoms with Gasteiger partial charge in [-0.25, -0.2) is 35.5 Å². The van der Waals surface area contributed by atoms with E-state index in [1.165, 1.54) is 59.1 Å². The van der Waals surface area contributed by atoms with Crippen LogP contribution in [0.4, 0.5) is 0 Å². The molecule has 6 aliphatic rings. The van der Waals surface area contributed by atoms with E-state index >= 15 is 0 Å². The third kappa shape index (κ3) is 23.1. The summed E-state index contributed by atoms with van der Waals surface area (Å²) < 4.78 is 0. The van der Waals surface area contributed by atoms with Gasteiger partial charge in [0.2, 0.25) is 0 Å². The first-order chi connectivity index (χ1) is 18.3. The van der Waals surface area contributed by atoms with Gasteiger partial charge in [0.15, 0.2) is 0 Å². The summed E-state index contributed by atoms with van der Waals surface area (Å²) in [6, 6.07) is 6.33. The van der Waals surface area contributed by atoms with Crippen LogP contribution in [-0.4, -0.2) is 19.0 Å². The van der Waals surface area contributed by atoms with E-state index in [9.17, 15) is 0 Å². The van der Waals surface area contributed by atoms with Gasteiger partial charge < -0.3 is 24.8 Å². The van der Waals surface area contributed by atoms with Crippen LogP contribution < -0.4 is 24.8 Å². The van der Waals surface area contributed by atoms with Crippen molar-refractivity contribution in [2.75, 3.05) is 0 Å². The first kappa shape index (κ1) is 49.6. The van der Waals surface area contributed by atoms with Gasteiger partial charge in [0.1, 0.15) is 0 Å². The van der Waals surface area contributed by atoms with Crippen LogP contribution in [0.25, 0.3) is 0 Å². The van der Waals surface area contributed by atoms with Crippen LogP contribution in [-0.2, 0) is 52.4 Å². The Balaban J connectivity index is -0.000000206. The topological polar surface area (TPSA) is 0 Å². The van der Waals surface area contributed by atoms with Crippen molar-refractivity contribution < 1.29 is 77.2 Å². The summed E-state index contributed by atoms with van der Waals surface area (Å²) in [6.07, 6.45) is 32.9. The molecule has 2 fully saturated rings. The van der Waals surface area contributed by atoms with E-state index in [4.69, 9.17) is 0 Å². The molecule has 2 unspecified atom stereocenters. The van der Waals surface area contributed by atoms with Gasteiger partial charge in [-0.2, -0.15) is 34.4 Å². The molecule has 2 aliphatic heterocycles. The summed E-state index contributed by atoms with van der Waals surface area (Å²) in [5.41, 5.74) is 8.49. The van der Waals surface area contributed by atoms with Gasteiger partial charge in [-0.1, -0.05) is 103 Å². The van der Waals surface area contributed by atoms with Crippen LogP contribution in [0.1, 0.15) is 93.9 Å². The SMILES string of the molecule is C1CC[SiH]C1.C1CC[SiH]C1.CC1=[C-]C(C)C(C)=C1C.CC1=[C-]C(C)C(C)=C1C.[C-]1=CC=CC1.[C-]1=CC=CC1.[Cl-].[Cl-].[Zr+3].[Zr+3]. The monoisotopic (exact) mass is 792 g/mol. The quantitative estimate of drug-likeness (QED) is 0.256. The minimum atomic E-state index is 0. The molecule has 6 rings (SSSR count). The van der Waals surface area contributed by atoms with Crippen molar-refractivity contribution in [1.29, 1.82) is 0 Å². The largest absolute Gasteiger partial charge is 3.00 e. The maximum Gasteiger partial charge on any atom is 3.00 e. The van der Waals surface area contributed by atoms with Crippen LogP contribution in [0.15, 0.2) is 69.9 Å². The standard InChI is InChI=1S/2C9H13.2C5H5.2C4H9Si.2ClH.2Zr/c2*1-6-5-7(2)9(4)8(6)3;4*1-2-4-5-3-1;;;;/h2*6H,1-4H3;2*1-3H,4H2;2*5H,1-4H2;2*1H;;/q4*-1;;;;;2*+3/p-2. The predicted octanol–water partition coefficient (Wildman–Crippen LogP) is 4.16. The fraction of sp³-hybridized carbons (Fsp3) is 0.556. The summed E-state index contributed by atoms with van der Waals surface area (Å²) in [5.74, 6) is 1.12. The number of rotatable bonds is 0. The molecular formula is C36H54Cl2Si2Zr2. The van der Waals surface area contributed by atoms with E-state index in [0.29, 0.717) is 11.8 Å². The second-order valence-corrected chi connectivity index (χ2v) is 14.2. The van der Waals surface area contributed by atoms with Gasteiger partial charge in [0.25, 0.3) is 0 Å². The Labute approximate surface area is 317 Å². The molecule has 0 bridgehead atoms. The van der Waals surface area contributed by atoms with E-state index in [-0.39, 0.29) is 77.2 Å². The summed E-state index contributed by atoms with van der Waals surface area (Å²) in [4.78, 5) is 0. The van der Waals surface area contributed by atoms with Crippen LogP contribution >= 0.6 is 0 Å². The summed E-state index contributed by atoms with van der Waals surface area (Å²) in [5, 5.41) is 0. The molecule has 6 heteroatoms. The molecule has 0 saturated carbocycles. The molecule has 0 spiro atoms. The maximum atomic E-state index is 3.36. The summed E-state index contributed by atoms with van der Waals surface area (Å²) in [6.45, 7) is 17.3.